The highest BCUT2D eigenvalue weighted by Gasteiger charge is 2.36. The van der Waals surface area contributed by atoms with Gasteiger partial charge in [-0.25, -0.2) is 9.80 Å². The van der Waals surface area contributed by atoms with Crippen molar-refractivity contribution in [1.82, 2.24) is 20.1 Å². The van der Waals surface area contributed by atoms with Crippen LogP contribution >= 0.6 is 0 Å². The lowest BCUT2D eigenvalue weighted by Crippen LogP contribution is -2.49. The first-order valence-electron chi connectivity index (χ1n) is 14.6. The van der Waals surface area contributed by atoms with Gasteiger partial charge in [0.2, 0.25) is 0 Å². The number of methoxy groups -OCH3 is 4. The number of morpholine rings is 1. The molecule has 3 amide bonds. The van der Waals surface area contributed by atoms with Gasteiger partial charge < -0.3 is 33.9 Å². The van der Waals surface area contributed by atoms with E-state index in [1.165, 1.54) is 5.01 Å². The fourth-order valence-corrected chi connectivity index (χ4v) is 5.18. The molecular formula is C31H43N5O7. The lowest BCUT2D eigenvalue weighted by atomic mass is 9.97. The van der Waals surface area contributed by atoms with Crippen molar-refractivity contribution >= 4 is 17.6 Å². The summed E-state index contributed by atoms with van der Waals surface area (Å²) in [7, 11) is 6.33. The molecule has 0 aromatic heterocycles. The number of amides is 3. The summed E-state index contributed by atoms with van der Waals surface area (Å²) < 4.78 is 27.5. The molecule has 2 aromatic rings. The Balaban J connectivity index is 1.64. The summed E-state index contributed by atoms with van der Waals surface area (Å²) in [5.41, 5.74) is 2.27. The van der Waals surface area contributed by atoms with E-state index in [-0.39, 0.29) is 18.5 Å². The quantitative estimate of drug-likeness (QED) is 0.375. The molecule has 0 unspecified atom stereocenters. The van der Waals surface area contributed by atoms with Crippen molar-refractivity contribution in [1.29, 1.82) is 0 Å². The molecule has 12 heteroatoms. The second-order valence-electron chi connectivity index (χ2n) is 10.3. The number of carbonyl (C=O) groups is 2. The molecule has 2 aromatic carbocycles. The van der Waals surface area contributed by atoms with Gasteiger partial charge in [-0.05, 0) is 36.2 Å². The number of nitrogens with zero attached hydrogens (tertiary/aromatic N) is 4. The maximum Gasteiger partial charge on any atom is 0.317 e. The molecule has 0 spiro atoms. The highest BCUT2D eigenvalue weighted by Crippen LogP contribution is 2.39. The van der Waals surface area contributed by atoms with Crippen molar-refractivity contribution in [2.75, 3.05) is 80.9 Å². The van der Waals surface area contributed by atoms with Crippen LogP contribution in [-0.4, -0.2) is 113 Å². The minimum atomic E-state index is -0.436. The molecule has 12 nitrogen and oxygen atoms in total. The molecule has 0 bridgehead atoms. The molecule has 43 heavy (non-hydrogen) atoms. The molecule has 0 saturated carbocycles. The van der Waals surface area contributed by atoms with Crippen molar-refractivity contribution in [2.45, 2.75) is 25.8 Å². The van der Waals surface area contributed by atoms with Crippen LogP contribution in [0.25, 0.3) is 0 Å². The number of rotatable bonds is 13. The minimum Gasteiger partial charge on any atom is -0.497 e. The molecular weight excluding hydrogens is 554 g/mol. The van der Waals surface area contributed by atoms with E-state index in [0.717, 1.165) is 30.6 Å². The van der Waals surface area contributed by atoms with Crippen LogP contribution in [0.5, 0.6) is 23.0 Å². The third-order valence-electron chi connectivity index (χ3n) is 7.61. The van der Waals surface area contributed by atoms with Gasteiger partial charge in [-0.1, -0.05) is 13.0 Å². The van der Waals surface area contributed by atoms with Gasteiger partial charge >= 0.3 is 6.03 Å². The zero-order chi connectivity index (χ0) is 30.8. The standard InChI is InChI=1S/C31H43N5O7/c1-6-11-32-31(38)35(13-12-34-14-16-43-17-15-34)21-30(37)36-26(22-7-10-27(40-3)29(18-22)42-5)20-25(33-36)24-9-8-23(39-2)19-28(24)41-4/h7-10,18-19,26H,6,11-17,20-21H2,1-5H3,(H,32,38)/t26-/m1/s1. The Morgan fingerprint density at radius 1 is 0.977 bits per heavy atom. The monoisotopic (exact) mass is 597 g/mol. The molecule has 1 fully saturated rings. The molecule has 2 heterocycles. The van der Waals surface area contributed by atoms with Crippen molar-refractivity contribution in [3.63, 3.8) is 0 Å². The number of hydrogen-bond donors (Lipinski definition) is 1. The highest BCUT2D eigenvalue weighted by molar-refractivity contribution is 6.05. The van der Waals surface area contributed by atoms with E-state index in [4.69, 9.17) is 28.8 Å². The van der Waals surface area contributed by atoms with E-state index in [1.807, 2.05) is 37.3 Å². The summed E-state index contributed by atoms with van der Waals surface area (Å²) in [6.07, 6.45) is 1.22. The molecule has 4 rings (SSSR count). The lowest BCUT2D eigenvalue weighted by Gasteiger charge is -2.31. The third kappa shape index (κ3) is 7.88. The van der Waals surface area contributed by atoms with Crippen LogP contribution in [0.3, 0.4) is 0 Å². The van der Waals surface area contributed by atoms with Crippen LogP contribution in [0.1, 0.15) is 36.9 Å². The molecule has 1 saturated heterocycles. The summed E-state index contributed by atoms with van der Waals surface area (Å²) in [6, 6.07) is 10.4. The Morgan fingerprint density at radius 3 is 2.40 bits per heavy atom. The molecule has 1 atom stereocenters. The average molecular weight is 598 g/mol. The van der Waals surface area contributed by atoms with Crippen LogP contribution in [0.2, 0.25) is 0 Å². The number of benzene rings is 2. The fourth-order valence-electron chi connectivity index (χ4n) is 5.18. The van der Waals surface area contributed by atoms with Crippen LogP contribution in [0.4, 0.5) is 4.79 Å². The predicted molar refractivity (Wildman–Crippen MR) is 162 cm³/mol. The van der Waals surface area contributed by atoms with Crippen LogP contribution < -0.4 is 24.3 Å². The van der Waals surface area contributed by atoms with Gasteiger partial charge in [0.05, 0.1) is 53.4 Å². The smallest absolute Gasteiger partial charge is 0.317 e. The van der Waals surface area contributed by atoms with Gasteiger partial charge in [0, 0.05) is 50.8 Å². The van der Waals surface area contributed by atoms with Gasteiger partial charge in [-0.3, -0.25) is 9.69 Å². The summed E-state index contributed by atoms with van der Waals surface area (Å²) in [5.74, 6) is 2.08. The third-order valence-corrected chi connectivity index (χ3v) is 7.61. The topological polar surface area (TPSA) is 114 Å². The summed E-state index contributed by atoms with van der Waals surface area (Å²) >= 11 is 0. The SMILES string of the molecule is CCCNC(=O)N(CCN1CCOCC1)CC(=O)N1N=C(c2ccc(OC)cc2OC)C[C@@H]1c1ccc(OC)c(OC)c1. The number of urea groups is 1. The predicted octanol–water partition coefficient (Wildman–Crippen LogP) is 3.15. The van der Waals surface area contributed by atoms with Gasteiger partial charge in [0.15, 0.2) is 11.5 Å². The second kappa shape index (κ2) is 15.4. The Hall–Kier alpha value is -4.03. The lowest BCUT2D eigenvalue weighted by molar-refractivity contribution is -0.133. The van der Waals surface area contributed by atoms with Crippen LogP contribution in [0.15, 0.2) is 41.5 Å². The van der Waals surface area contributed by atoms with Crippen molar-refractivity contribution in [3.8, 4) is 23.0 Å². The van der Waals surface area contributed by atoms with E-state index in [0.29, 0.717) is 68.0 Å². The largest absolute Gasteiger partial charge is 0.497 e. The Labute approximate surface area is 253 Å². The molecule has 2 aliphatic heterocycles. The number of carbonyl (C=O) groups excluding carboxylic acids is 2. The fraction of sp³-hybridized carbons (Fsp3) is 0.516. The molecule has 234 valence electrons. The van der Waals surface area contributed by atoms with E-state index in [1.54, 1.807) is 39.4 Å². The van der Waals surface area contributed by atoms with Crippen molar-refractivity contribution in [2.24, 2.45) is 5.10 Å². The Morgan fingerprint density at radius 2 is 1.72 bits per heavy atom. The van der Waals surface area contributed by atoms with Crippen LogP contribution in [0, 0.1) is 0 Å². The first-order valence-corrected chi connectivity index (χ1v) is 14.6. The Kier molecular flexibility index (Phi) is 11.5. The van der Waals surface area contributed by atoms with Crippen LogP contribution in [-0.2, 0) is 9.53 Å². The minimum absolute atomic E-state index is 0.125. The molecule has 2 aliphatic rings. The zero-order valence-electron chi connectivity index (χ0n) is 25.8. The van der Waals surface area contributed by atoms with E-state index in [9.17, 15) is 9.59 Å². The maximum atomic E-state index is 14.0. The molecule has 0 radical (unpaired) electrons. The first kappa shape index (κ1) is 31.9. The van der Waals surface area contributed by atoms with Crippen molar-refractivity contribution < 1.29 is 33.3 Å². The highest BCUT2D eigenvalue weighted by atomic mass is 16.5. The summed E-state index contributed by atoms with van der Waals surface area (Å²) in [5, 5.41) is 9.23. The van der Waals surface area contributed by atoms with E-state index < -0.39 is 6.04 Å². The van der Waals surface area contributed by atoms with Gasteiger partial charge in [-0.2, -0.15) is 5.10 Å². The Bertz CT molecular complexity index is 1280. The number of nitrogens with one attached hydrogen (secondary N) is 1. The van der Waals surface area contributed by atoms with Gasteiger partial charge in [-0.15, -0.1) is 0 Å². The number of hydrogen-bond acceptors (Lipinski definition) is 9. The van der Waals surface area contributed by atoms with E-state index >= 15 is 0 Å². The number of ether oxygens (including phenoxy) is 5. The zero-order valence-corrected chi connectivity index (χ0v) is 25.8. The maximum absolute atomic E-state index is 14.0. The van der Waals surface area contributed by atoms with Gasteiger partial charge in [0.1, 0.15) is 18.0 Å². The van der Waals surface area contributed by atoms with Crippen molar-refractivity contribution in [3.05, 3.63) is 47.5 Å². The average Bonchev–Trinajstić information content (AvgIpc) is 3.50. The second-order valence-corrected chi connectivity index (χ2v) is 10.3. The number of hydrazone groups is 1. The first-order chi connectivity index (χ1) is 20.9. The normalized spacial score (nSPS) is 16.8. The molecule has 1 N–H and O–H groups in total. The summed E-state index contributed by atoms with van der Waals surface area (Å²) in [4.78, 5) is 31.0. The summed E-state index contributed by atoms with van der Waals surface area (Å²) in [6.45, 7) is 6.35. The van der Waals surface area contributed by atoms with Gasteiger partial charge in [0.25, 0.3) is 5.91 Å². The van der Waals surface area contributed by atoms with E-state index in [2.05, 4.69) is 10.2 Å². The molecule has 0 aliphatic carbocycles.